The van der Waals surface area contributed by atoms with E-state index in [4.69, 9.17) is 4.74 Å². The average molecular weight is 367 g/mol. The second-order valence-corrected chi connectivity index (χ2v) is 8.75. The summed E-state index contributed by atoms with van der Waals surface area (Å²) in [7, 11) is 0.571. The van der Waals surface area contributed by atoms with Gasteiger partial charge in [-0.2, -0.15) is 0 Å². The zero-order valence-electron chi connectivity index (χ0n) is 14.6. The van der Waals surface area contributed by atoms with E-state index in [-0.39, 0.29) is 17.4 Å². The van der Waals surface area contributed by atoms with Crippen LogP contribution in [0.3, 0.4) is 0 Å². The Morgan fingerprint density at radius 2 is 1.96 bits per heavy atom. The van der Waals surface area contributed by atoms with Crippen LogP contribution in [-0.2, 0) is 14.8 Å². The van der Waals surface area contributed by atoms with Crippen LogP contribution in [0.5, 0.6) is 5.75 Å². The van der Waals surface area contributed by atoms with Gasteiger partial charge in [-0.1, -0.05) is 0 Å². The highest BCUT2D eigenvalue weighted by molar-refractivity contribution is 7.89. The monoisotopic (exact) mass is 367 g/mol. The van der Waals surface area contributed by atoms with Gasteiger partial charge in [0.25, 0.3) is 5.91 Å². The van der Waals surface area contributed by atoms with Crippen LogP contribution in [0.25, 0.3) is 0 Å². The van der Waals surface area contributed by atoms with Crippen LogP contribution in [0.15, 0.2) is 23.1 Å². The third-order valence-electron chi connectivity index (χ3n) is 5.00. The minimum Gasteiger partial charge on any atom is -0.482 e. The molecule has 1 aliphatic carbocycles. The fraction of sp³-hybridized carbons (Fsp3) is 0.588. The van der Waals surface area contributed by atoms with Crippen LogP contribution in [0.2, 0.25) is 0 Å². The van der Waals surface area contributed by atoms with Gasteiger partial charge in [-0.15, -0.1) is 0 Å². The maximum atomic E-state index is 12.5. The minimum absolute atomic E-state index is 0.0486. The molecule has 0 radical (unpaired) electrons. The molecule has 25 heavy (non-hydrogen) atoms. The van der Waals surface area contributed by atoms with Crippen molar-refractivity contribution in [2.75, 3.05) is 32.6 Å². The Morgan fingerprint density at radius 1 is 1.24 bits per heavy atom. The summed E-state index contributed by atoms with van der Waals surface area (Å²) in [6, 6.07) is 5.11. The van der Waals surface area contributed by atoms with E-state index in [1.54, 1.807) is 6.07 Å². The topological polar surface area (TPSA) is 87.7 Å². The largest absolute Gasteiger partial charge is 0.482 e. The van der Waals surface area contributed by atoms with E-state index in [2.05, 4.69) is 29.0 Å². The smallest absolute Gasteiger partial charge is 0.262 e. The first-order valence-electron chi connectivity index (χ1n) is 8.58. The number of fused-ring (bicyclic) bond motifs is 1. The summed E-state index contributed by atoms with van der Waals surface area (Å²) >= 11 is 0. The van der Waals surface area contributed by atoms with Gasteiger partial charge in [-0.05, 0) is 63.9 Å². The number of carbonyl (C=O) groups is 1. The van der Waals surface area contributed by atoms with Crippen LogP contribution in [-0.4, -0.2) is 52.5 Å². The molecule has 1 amide bonds. The zero-order valence-corrected chi connectivity index (χ0v) is 15.4. The van der Waals surface area contributed by atoms with Gasteiger partial charge in [0.1, 0.15) is 5.75 Å². The molecule has 138 valence electrons. The zero-order chi connectivity index (χ0) is 18.0. The van der Waals surface area contributed by atoms with Gasteiger partial charge in [-0.3, -0.25) is 4.79 Å². The van der Waals surface area contributed by atoms with Gasteiger partial charge in [0, 0.05) is 12.6 Å². The second kappa shape index (κ2) is 7.31. The van der Waals surface area contributed by atoms with Crippen molar-refractivity contribution in [1.29, 1.82) is 0 Å². The lowest BCUT2D eigenvalue weighted by Gasteiger charge is -2.32. The Balaban J connectivity index is 1.61. The number of amides is 1. The quantitative estimate of drug-likeness (QED) is 0.822. The number of carbonyl (C=O) groups excluding carboxylic acids is 1. The average Bonchev–Trinajstić information content (AvgIpc) is 2.59. The molecule has 8 heteroatoms. The molecule has 1 saturated carbocycles. The molecular formula is C17H25N3O4S. The highest BCUT2D eigenvalue weighted by Gasteiger charge is 2.25. The number of nitrogens with zero attached hydrogens (tertiary/aromatic N) is 1. The predicted octanol–water partition coefficient (Wildman–Crippen LogP) is 1.42. The molecule has 1 heterocycles. The van der Waals surface area contributed by atoms with Crippen LogP contribution >= 0.6 is 0 Å². The molecule has 3 rings (SSSR count). The molecule has 1 fully saturated rings. The number of rotatable bonds is 5. The maximum absolute atomic E-state index is 12.5. The van der Waals surface area contributed by atoms with Gasteiger partial charge in [0.05, 0.1) is 10.6 Å². The van der Waals surface area contributed by atoms with Gasteiger partial charge in [-0.25, -0.2) is 13.1 Å². The van der Waals surface area contributed by atoms with Crippen LogP contribution in [0.4, 0.5) is 5.69 Å². The number of nitrogens with one attached hydrogen (secondary N) is 2. The SMILES string of the molecule is CN(C)C1CCC(CNS(=O)(=O)c2ccc3c(c2)NC(=O)CO3)CC1. The van der Waals surface area contributed by atoms with E-state index < -0.39 is 10.0 Å². The van der Waals surface area contributed by atoms with Crippen molar-refractivity contribution in [3.8, 4) is 5.75 Å². The molecule has 0 saturated heterocycles. The fourth-order valence-electron chi connectivity index (χ4n) is 3.41. The number of anilines is 1. The molecule has 0 bridgehead atoms. The van der Waals surface area contributed by atoms with Crippen molar-refractivity contribution in [2.45, 2.75) is 36.6 Å². The van der Waals surface area contributed by atoms with E-state index in [1.807, 2.05) is 0 Å². The Hall–Kier alpha value is -1.64. The molecule has 1 aliphatic heterocycles. The van der Waals surface area contributed by atoms with Crippen molar-refractivity contribution in [3.63, 3.8) is 0 Å². The van der Waals surface area contributed by atoms with E-state index in [1.165, 1.54) is 12.1 Å². The Labute approximate surface area is 148 Å². The molecule has 0 unspecified atom stereocenters. The first-order chi connectivity index (χ1) is 11.8. The number of sulfonamides is 1. The Bertz CT molecular complexity index is 740. The molecule has 2 N–H and O–H groups in total. The lowest BCUT2D eigenvalue weighted by Crippen LogP contribution is -2.36. The number of hydrogen-bond acceptors (Lipinski definition) is 5. The number of benzene rings is 1. The van der Waals surface area contributed by atoms with Crippen molar-refractivity contribution in [3.05, 3.63) is 18.2 Å². The minimum atomic E-state index is -3.61. The van der Waals surface area contributed by atoms with E-state index in [0.717, 1.165) is 25.7 Å². The molecule has 0 aromatic heterocycles. The van der Waals surface area contributed by atoms with E-state index in [9.17, 15) is 13.2 Å². The molecule has 1 aromatic rings. The van der Waals surface area contributed by atoms with Gasteiger partial charge < -0.3 is 15.0 Å². The second-order valence-electron chi connectivity index (χ2n) is 6.98. The number of ether oxygens (including phenoxy) is 1. The Morgan fingerprint density at radius 3 is 2.64 bits per heavy atom. The molecule has 0 atom stereocenters. The summed E-state index contributed by atoms with van der Waals surface area (Å²) in [6.07, 6.45) is 4.25. The summed E-state index contributed by atoms with van der Waals surface area (Å²) in [5.41, 5.74) is 0.394. The fourth-order valence-corrected chi connectivity index (χ4v) is 4.55. The predicted molar refractivity (Wildman–Crippen MR) is 95.2 cm³/mol. The molecule has 2 aliphatic rings. The summed E-state index contributed by atoms with van der Waals surface area (Å²) < 4.78 is 33.1. The highest BCUT2D eigenvalue weighted by Crippen LogP contribution is 2.30. The summed E-state index contributed by atoms with van der Waals surface area (Å²) in [6.45, 7) is 0.398. The molecule has 1 aromatic carbocycles. The van der Waals surface area contributed by atoms with Crippen LogP contribution in [0, 0.1) is 5.92 Å². The van der Waals surface area contributed by atoms with E-state index >= 15 is 0 Å². The van der Waals surface area contributed by atoms with Crippen LogP contribution < -0.4 is 14.8 Å². The lowest BCUT2D eigenvalue weighted by molar-refractivity contribution is -0.118. The Kier molecular flexibility index (Phi) is 5.31. The third-order valence-corrected chi connectivity index (χ3v) is 6.42. The number of hydrogen-bond donors (Lipinski definition) is 2. The van der Waals surface area contributed by atoms with Crippen molar-refractivity contribution < 1.29 is 17.9 Å². The highest BCUT2D eigenvalue weighted by atomic mass is 32.2. The molecular weight excluding hydrogens is 342 g/mol. The van der Waals surface area contributed by atoms with Gasteiger partial charge in [0.2, 0.25) is 10.0 Å². The van der Waals surface area contributed by atoms with Crippen molar-refractivity contribution in [2.24, 2.45) is 5.92 Å². The summed E-state index contributed by atoms with van der Waals surface area (Å²) in [5, 5.41) is 2.63. The summed E-state index contributed by atoms with van der Waals surface area (Å²) in [4.78, 5) is 13.8. The molecule has 7 nitrogen and oxygen atoms in total. The van der Waals surface area contributed by atoms with Crippen molar-refractivity contribution >= 4 is 21.6 Å². The first kappa shape index (κ1) is 18.2. The third kappa shape index (κ3) is 4.31. The van der Waals surface area contributed by atoms with Crippen molar-refractivity contribution in [1.82, 2.24) is 9.62 Å². The molecule has 0 spiro atoms. The lowest BCUT2D eigenvalue weighted by atomic mass is 9.86. The first-order valence-corrected chi connectivity index (χ1v) is 10.1. The summed E-state index contributed by atoms with van der Waals surface area (Å²) in [5.74, 6) is 0.569. The van der Waals surface area contributed by atoms with E-state index in [0.29, 0.717) is 29.9 Å². The maximum Gasteiger partial charge on any atom is 0.262 e. The standard InChI is InChI=1S/C17H25N3O4S/c1-20(2)13-5-3-12(4-6-13)10-18-25(22,23)14-7-8-16-15(9-14)19-17(21)11-24-16/h7-9,12-13,18H,3-6,10-11H2,1-2H3,(H,19,21). The van der Waals surface area contributed by atoms with Crippen LogP contribution in [0.1, 0.15) is 25.7 Å². The van der Waals surface area contributed by atoms with Gasteiger partial charge in [0.15, 0.2) is 6.61 Å². The van der Waals surface area contributed by atoms with Gasteiger partial charge >= 0.3 is 0 Å². The normalized spacial score (nSPS) is 23.7.